The average Bonchev–Trinajstić information content (AvgIpc) is 2.87. The third kappa shape index (κ3) is 3.62. The minimum atomic E-state index is -0.520. The molecule has 0 aromatic carbocycles. The van der Waals surface area contributed by atoms with Crippen LogP contribution < -0.4 is 10.1 Å². The Kier molecular flexibility index (Phi) is 5.85. The number of halogens is 1. The molecule has 2 aromatic heterocycles. The SMILES string of the molecule is CCCOc1nc2sc(Cl)cc2c(NC(=O)OC)c1CCC. The number of nitrogens with one attached hydrogen (secondary N) is 1. The molecule has 0 atom stereocenters. The molecule has 2 aromatic rings. The molecule has 5 nitrogen and oxygen atoms in total. The van der Waals surface area contributed by atoms with Gasteiger partial charge in [-0.3, -0.25) is 5.32 Å². The Morgan fingerprint density at radius 3 is 2.82 bits per heavy atom. The standard InChI is InChI=1S/C15H19ClN2O3S/c1-4-6-9-12(17-15(19)20-3)10-8-11(16)22-14(10)18-13(9)21-7-5-2/h8H,4-7H2,1-3H3,(H,17,18,19). The number of thiophene rings is 1. The van der Waals surface area contributed by atoms with E-state index in [1.165, 1.54) is 18.4 Å². The Morgan fingerprint density at radius 2 is 2.18 bits per heavy atom. The first-order chi connectivity index (χ1) is 10.6. The highest BCUT2D eigenvalue weighted by Gasteiger charge is 2.19. The summed E-state index contributed by atoms with van der Waals surface area (Å²) in [5, 5.41) is 3.60. The number of ether oxygens (including phenoxy) is 2. The van der Waals surface area contributed by atoms with Crippen LogP contribution in [0.2, 0.25) is 4.34 Å². The van der Waals surface area contributed by atoms with Gasteiger partial charge in [-0.15, -0.1) is 11.3 Å². The predicted molar refractivity (Wildman–Crippen MR) is 90.4 cm³/mol. The molecule has 0 radical (unpaired) electrons. The van der Waals surface area contributed by atoms with Crippen LogP contribution in [0.25, 0.3) is 10.2 Å². The number of methoxy groups -OCH3 is 1. The molecule has 0 bridgehead atoms. The van der Waals surface area contributed by atoms with Gasteiger partial charge in [-0.05, 0) is 18.9 Å². The van der Waals surface area contributed by atoms with Gasteiger partial charge in [0.1, 0.15) is 4.83 Å². The number of nitrogens with zero attached hydrogens (tertiary/aromatic N) is 1. The molecule has 0 unspecified atom stereocenters. The summed E-state index contributed by atoms with van der Waals surface area (Å²) in [4.78, 5) is 17.0. The summed E-state index contributed by atoms with van der Waals surface area (Å²) in [5.41, 5.74) is 1.55. The van der Waals surface area contributed by atoms with Crippen molar-refractivity contribution >= 4 is 44.9 Å². The van der Waals surface area contributed by atoms with Crippen molar-refractivity contribution in [2.45, 2.75) is 33.1 Å². The molecular formula is C15H19ClN2O3S. The van der Waals surface area contributed by atoms with E-state index in [1.54, 1.807) is 0 Å². The summed E-state index contributed by atoms with van der Waals surface area (Å²) >= 11 is 7.46. The number of hydrogen-bond donors (Lipinski definition) is 1. The maximum Gasteiger partial charge on any atom is 0.411 e. The average molecular weight is 343 g/mol. The summed E-state index contributed by atoms with van der Waals surface area (Å²) in [6.07, 6.45) is 2.02. The van der Waals surface area contributed by atoms with E-state index in [2.05, 4.69) is 17.2 Å². The van der Waals surface area contributed by atoms with Gasteiger partial charge in [-0.1, -0.05) is 31.9 Å². The van der Waals surface area contributed by atoms with Crippen LogP contribution in [-0.2, 0) is 11.2 Å². The molecule has 120 valence electrons. The third-order valence-electron chi connectivity index (χ3n) is 3.07. The summed E-state index contributed by atoms with van der Waals surface area (Å²) in [6, 6.07) is 1.81. The van der Waals surface area contributed by atoms with Crippen molar-refractivity contribution in [3.8, 4) is 5.88 Å². The van der Waals surface area contributed by atoms with Gasteiger partial charge in [0, 0.05) is 10.9 Å². The minimum absolute atomic E-state index is 0.520. The fourth-order valence-electron chi connectivity index (χ4n) is 2.14. The van der Waals surface area contributed by atoms with Crippen LogP contribution in [0, 0.1) is 0 Å². The van der Waals surface area contributed by atoms with Crippen LogP contribution in [0.3, 0.4) is 0 Å². The Hall–Kier alpha value is -1.53. The van der Waals surface area contributed by atoms with Gasteiger partial charge in [-0.25, -0.2) is 9.78 Å². The maximum absolute atomic E-state index is 11.7. The highest BCUT2D eigenvalue weighted by Crippen LogP contribution is 2.39. The van der Waals surface area contributed by atoms with Crippen molar-refractivity contribution in [1.29, 1.82) is 0 Å². The highest BCUT2D eigenvalue weighted by atomic mass is 35.5. The van der Waals surface area contributed by atoms with Crippen molar-refractivity contribution < 1.29 is 14.3 Å². The molecule has 0 fully saturated rings. The second-order valence-corrected chi connectivity index (χ2v) is 6.42. The molecule has 0 saturated carbocycles. The van der Waals surface area contributed by atoms with Gasteiger partial charge in [0.2, 0.25) is 5.88 Å². The van der Waals surface area contributed by atoms with Gasteiger partial charge < -0.3 is 9.47 Å². The van der Waals surface area contributed by atoms with Crippen LogP contribution >= 0.6 is 22.9 Å². The second-order valence-electron chi connectivity index (χ2n) is 4.75. The lowest BCUT2D eigenvalue weighted by Crippen LogP contribution is -2.14. The molecule has 2 heterocycles. The summed E-state index contributed by atoms with van der Waals surface area (Å²) in [6.45, 7) is 4.68. The van der Waals surface area contributed by atoms with E-state index >= 15 is 0 Å². The molecule has 7 heteroatoms. The number of pyridine rings is 1. The van der Waals surface area contributed by atoms with Crippen LogP contribution in [-0.4, -0.2) is 24.8 Å². The fraction of sp³-hybridized carbons (Fsp3) is 0.467. The minimum Gasteiger partial charge on any atom is -0.477 e. The molecule has 0 aliphatic heterocycles. The molecule has 1 N–H and O–H groups in total. The van der Waals surface area contributed by atoms with E-state index in [0.717, 1.165) is 35.0 Å². The topological polar surface area (TPSA) is 60.5 Å². The van der Waals surface area contributed by atoms with Crippen molar-refractivity contribution in [2.75, 3.05) is 19.0 Å². The van der Waals surface area contributed by atoms with Gasteiger partial charge >= 0.3 is 6.09 Å². The maximum atomic E-state index is 11.7. The zero-order valence-corrected chi connectivity index (χ0v) is 14.4. The van der Waals surface area contributed by atoms with E-state index in [0.29, 0.717) is 22.5 Å². The second kappa shape index (κ2) is 7.65. The highest BCUT2D eigenvalue weighted by molar-refractivity contribution is 7.22. The van der Waals surface area contributed by atoms with E-state index < -0.39 is 6.09 Å². The summed E-state index contributed by atoms with van der Waals surface area (Å²) in [7, 11) is 1.34. The van der Waals surface area contributed by atoms with Gasteiger partial charge in [-0.2, -0.15) is 0 Å². The van der Waals surface area contributed by atoms with Crippen LogP contribution in [0.1, 0.15) is 32.3 Å². The molecule has 0 aliphatic carbocycles. The number of rotatable bonds is 6. The molecule has 22 heavy (non-hydrogen) atoms. The normalized spacial score (nSPS) is 10.7. The number of anilines is 1. The number of aromatic nitrogens is 1. The number of carbonyl (C=O) groups is 1. The Morgan fingerprint density at radius 1 is 1.41 bits per heavy atom. The predicted octanol–water partition coefficient (Wildman–Crippen LogP) is 4.87. The number of fused-ring (bicyclic) bond motifs is 1. The molecule has 0 aliphatic rings. The van der Waals surface area contributed by atoms with Crippen LogP contribution in [0.15, 0.2) is 6.07 Å². The van der Waals surface area contributed by atoms with Gasteiger partial charge in [0.15, 0.2) is 0 Å². The van der Waals surface area contributed by atoms with Crippen molar-refractivity contribution in [1.82, 2.24) is 4.98 Å². The first-order valence-electron chi connectivity index (χ1n) is 7.20. The Labute approximate surface area is 138 Å². The molecule has 1 amide bonds. The van der Waals surface area contributed by atoms with Crippen molar-refractivity contribution in [3.05, 3.63) is 16.0 Å². The molecular weight excluding hydrogens is 324 g/mol. The lowest BCUT2D eigenvalue weighted by molar-refractivity contribution is 0.187. The number of hydrogen-bond acceptors (Lipinski definition) is 5. The number of carbonyl (C=O) groups excluding carboxylic acids is 1. The summed E-state index contributed by atoms with van der Waals surface area (Å²) in [5.74, 6) is 0.557. The zero-order valence-electron chi connectivity index (χ0n) is 12.9. The largest absolute Gasteiger partial charge is 0.477 e. The van der Waals surface area contributed by atoms with Crippen molar-refractivity contribution in [2.24, 2.45) is 0 Å². The number of amides is 1. The van der Waals surface area contributed by atoms with Crippen molar-refractivity contribution in [3.63, 3.8) is 0 Å². The van der Waals surface area contributed by atoms with E-state index in [1.807, 2.05) is 13.0 Å². The van der Waals surface area contributed by atoms with E-state index in [4.69, 9.17) is 21.1 Å². The van der Waals surface area contributed by atoms with E-state index in [9.17, 15) is 4.79 Å². The monoisotopic (exact) mass is 342 g/mol. The lowest BCUT2D eigenvalue weighted by atomic mass is 10.1. The third-order valence-corrected chi connectivity index (χ3v) is 4.23. The van der Waals surface area contributed by atoms with Crippen LogP contribution in [0.4, 0.5) is 10.5 Å². The molecule has 0 saturated heterocycles. The van der Waals surface area contributed by atoms with Gasteiger partial charge in [0.25, 0.3) is 0 Å². The van der Waals surface area contributed by atoms with Gasteiger partial charge in [0.05, 0.1) is 23.7 Å². The fourth-order valence-corrected chi connectivity index (χ4v) is 3.23. The first kappa shape index (κ1) is 16.8. The van der Waals surface area contributed by atoms with E-state index in [-0.39, 0.29) is 0 Å². The zero-order chi connectivity index (χ0) is 16.1. The Bertz CT molecular complexity index is 672. The Balaban J connectivity index is 2.61. The quantitative estimate of drug-likeness (QED) is 0.813. The lowest BCUT2D eigenvalue weighted by Gasteiger charge is -2.15. The molecule has 2 rings (SSSR count). The summed E-state index contributed by atoms with van der Waals surface area (Å²) < 4.78 is 11.1. The molecule has 0 spiro atoms. The van der Waals surface area contributed by atoms with Crippen LogP contribution in [0.5, 0.6) is 5.88 Å². The smallest absolute Gasteiger partial charge is 0.411 e. The first-order valence-corrected chi connectivity index (χ1v) is 8.39.